The van der Waals surface area contributed by atoms with E-state index in [-0.39, 0.29) is 11.6 Å². The highest BCUT2D eigenvalue weighted by Crippen LogP contribution is 2.25. The van der Waals surface area contributed by atoms with E-state index < -0.39 is 4.92 Å². The summed E-state index contributed by atoms with van der Waals surface area (Å²) in [6.07, 6.45) is 0. The van der Waals surface area contributed by atoms with Crippen LogP contribution in [0.5, 0.6) is 0 Å². The molecule has 1 N–H and O–H groups in total. The van der Waals surface area contributed by atoms with Gasteiger partial charge in [0.1, 0.15) is 0 Å². The second-order valence-electron chi connectivity index (χ2n) is 4.53. The number of carbonyl (C=O) groups excluding carboxylic acids is 1. The molecule has 5 heteroatoms. The Balaban J connectivity index is 2.26. The molecule has 2 aromatic rings. The normalized spacial score (nSPS) is 10.1. The number of amides is 1. The number of anilines is 1. The Morgan fingerprint density at radius 2 is 1.75 bits per heavy atom. The van der Waals surface area contributed by atoms with E-state index in [0.717, 1.165) is 5.56 Å². The lowest BCUT2D eigenvalue weighted by molar-refractivity contribution is -0.385. The zero-order chi connectivity index (χ0) is 14.7. The summed E-state index contributed by atoms with van der Waals surface area (Å²) in [5.41, 5.74) is 2.46. The largest absolute Gasteiger partial charge is 0.321 e. The van der Waals surface area contributed by atoms with E-state index in [9.17, 15) is 14.9 Å². The molecule has 0 radical (unpaired) electrons. The van der Waals surface area contributed by atoms with Gasteiger partial charge in [-0.3, -0.25) is 14.9 Å². The van der Waals surface area contributed by atoms with Crippen molar-refractivity contribution in [3.63, 3.8) is 0 Å². The number of nitro groups is 1. The summed E-state index contributed by atoms with van der Waals surface area (Å²) in [7, 11) is 0. The van der Waals surface area contributed by atoms with E-state index in [1.807, 2.05) is 19.1 Å². The summed E-state index contributed by atoms with van der Waals surface area (Å²) < 4.78 is 0. The second-order valence-corrected chi connectivity index (χ2v) is 4.53. The molecule has 0 unspecified atom stereocenters. The van der Waals surface area contributed by atoms with Crippen LogP contribution in [0.25, 0.3) is 0 Å². The van der Waals surface area contributed by atoms with Crippen LogP contribution in [0.1, 0.15) is 21.5 Å². The van der Waals surface area contributed by atoms with Gasteiger partial charge in [0.15, 0.2) is 0 Å². The first kappa shape index (κ1) is 13.7. The molecular weight excluding hydrogens is 256 g/mol. The Morgan fingerprint density at radius 3 is 2.35 bits per heavy atom. The SMILES string of the molecule is Cc1ccc(C(=O)Nc2cccc([N+](=O)[O-])c2C)cc1. The average molecular weight is 270 g/mol. The minimum Gasteiger partial charge on any atom is -0.321 e. The number of nitrogens with zero attached hydrogens (tertiary/aromatic N) is 1. The lowest BCUT2D eigenvalue weighted by Gasteiger charge is -2.08. The third-order valence-electron chi connectivity index (χ3n) is 3.06. The van der Waals surface area contributed by atoms with Gasteiger partial charge in [-0.05, 0) is 32.0 Å². The van der Waals surface area contributed by atoms with Crippen LogP contribution in [0, 0.1) is 24.0 Å². The maximum absolute atomic E-state index is 12.1. The lowest BCUT2D eigenvalue weighted by atomic mass is 10.1. The summed E-state index contributed by atoms with van der Waals surface area (Å²) in [5, 5.41) is 13.6. The van der Waals surface area contributed by atoms with Gasteiger partial charge >= 0.3 is 0 Å². The molecule has 0 saturated heterocycles. The van der Waals surface area contributed by atoms with E-state index in [0.29, 0.717) is 16.8 Å². The van der Waals surface area contributed by atoms with Crippen molar-refractivity contribution in [2.24, 2.45) is 0 Å². The van der Waals surface area contributed by atoms with Crippen LogP contribution in [0.3, 0.4) is 0 Å². The van der Waals surface area contributed by atoms with Crippen LogP contribution >= 0.6 is 0 Å². The molecule has 0 bridgehead atoms. The van der Waals surface area contributed by atoms with E-state index in [2.05, 4.69) is 5.32 Å². The zero-order valence-electron chi connectivity index (χ0n) is 11.2. The lowest BCUT2D eigenvalue weighted by Crippen LogP contribution is -2.13. The van der Waals surface area contributed by atoms with Crippen LogP contribution < -0.4 is 5.32 Å². The summed E-state index contributed by atoms with van der Waals surface area (Å²) in [6, 6.07) is 11.7. The van der Waals surface area contributed by atoms with Gasteiger partial charge in [0, 0.05) is 11.6 Å². The molecule has 2 aromatic carbocycles. The quantitative estimate of drug-likeness (QED) is 0.685. The average Bonchev–Trinajstić information content (AvgIpc) is 2.41. The van der Waals surface area contributed by atoms with Crippen LogP contribution in [0.4, 0.5) is 11.4 Å². The van der Waals surface area contributed by atoms with Crippen molar-refractivity contribution >= 4 is 17.3 Å². The highest BCUT2D eigenvalue weighted by atomic mass is 16.6. The zero-order valence-corrected chi connectivity index (χ0v) is 11.2. The van der Waals surface area contributed by atoms with Gasteiger partial charge in [0.05, 0.1) is 16.2 Å². The molecule has 0 saturated carbocycles. The second kappa shape index (κ2) is 5.52. The number of aryl methyl sites for hydroxylation is 1. The van der Waals surface area contributed by atoms with E-state index in [1.165, 1.54) is 6.07 Å². The molecule has 20 heavy (non-hydrogen) atoms. The predicted molar refractivity (Wildman–Crippen MR) is 77.0 cm³/mol. The molecule has 0 aromatic heterocycles. The van der Waals surface area contributed by atoms with Gasteiger partial charge in [0.25, 0.3) is 11.6 Å². The molecule has 0 aliphatic carbocycles. The van der Waals surface area contributed by atoms with Gasteiger partial charge < -0.3 is 5.32 Å². The first-order chi connectivity index (χ1) is 9.49. The van der Waals surface area contributed by atoms with Crippen molar-refractivity contribution < 1.29 is 9.72 Å². The van der Waals surface area contributed by atoms with Crippen LogP contribution in [-0.2, 0) is 0 Å². The number of hydrogen-bond acceptors (Lipinski definition) is 3. The van der Waals surface area contributed by atoms with Crippen molar-refractivity contribution in [1.82, 2.24) is 0 Å². The summed E-state index contributed by atoms with van der Waals surface area (Å²) >= 11 is 0. The van der Waals surface area contributed by atoms with Crippen molar-refractivity contribution in [3.8, 4) is 0 Å². The van der Waals surface area contributed by atoms with Gasteiger partial charge in [-0.2, -0.15) is 0 Å². The molecule has 0 fully saturated rings. The van der Waals surface area contributed by atoms with Crippen molar-refractivity contribution in [3.05, 3.63) is 69.3 Å². The Kier molecular flexibility index (Phi) is 3.79. The summed E-state index contributed by atoms with van der Waals surface area (Å²) in [6.45, 7) is 3.55. The fourth-order valence-electron chi connectivity index (χ4n) is 1.86. The molecule has 5 nitrogen and oxygen atoms in total. The third kappa shape index (κ3) is 2.83. The predicted octanol–water partition coefficient (Wildman–Crippen LogP) is 3.46. The molecule has 0 spiro atoms. The topological polar surface area (TPSA) is 72.2 Å². The van der Waals surface area contributed by atoms with Gasteiger partial charge in [-0.25, -0.2) is 0 Å². The van der Waals surface area contributed by atoms with Crippen molar-refractivity contribution in [2.45, 2.75) is 13.8 Å². The smallest absolute Gasteiger partial charge is 0.274 e. The van der Waals surface area contributed by atoms with E-state index >= 15 is 0 Å². The van der Waals surface area contributed by atoms with Crippen LogP contribution in [-0.4, -0.2) is 10.8 Å². The highest BCUT2D eigenvalue weighted by molar-refractivity contribution is 6.04. The summed E-state index contributed by atoms with van der Waals surface area (Å²) in [4.78, 5) is 22.5. The number of carbonyl (C=O) groups is 1. The Morgan fingerprint density at radius 1 is 1.10 bits per heavy atom. The fraction of sp³-hybridized carbons (Fsp3) is 0.133. The molecule has 0 aliphatic rings. The number of hydrogen-bond donors (Lipinski definition) is 1. The molecule has 1 amide bonds. The molecular formula is C15H14N2O3. The van der Waals surface area contributed by atoms with E-state index in [4.69, 9.17) is 0 Å². The third-order valence-corrected chi connectivity index (χ3v) is 3.06. The van der Waals surface area contributed by atoms with E-state index in [1.54, 1.807) is 31.2 Å². The number of benzene rings is 2. The van der Waals surface area contributed by atoms with Crippen LogP contribution in [0.2, 0.25) is 0 Å². The molecule has 0 aliphatic heterocycles. The minimum absolute atomic E-state index is 0.00768. The molecule has 2 rings (SSSR count). The maximum Gasteiger partial charge on any atom is 0.274 e. The summed E-state index contributed by atoms with van der Waals surface area (Å²) in [5.74, 6) is -0.284. The first-order valence-electron chi connectivity index (χ1n) is 6.11. The van der Waals surface area contributed by atoms with Gasteiger partial charge in [0.2, 0.25) is 0 Å². The Hall–Kier alpha value is -2.69. The molecule has 102 valence electrons. The number of nitrogens with one attached hydrogen (secondary N) is 1. The van der Waals surface area contributed by atoms with Gasteiger partial charge in [-0.1, -0.05) is 23.8 Å². The Bertz CT molecular complexity index is 663. The minimum atomic E-state index is -0.461. The number of rotatable bonds is 3. The molecule has 0 heterocycles. The van der Waals surface area contributed by atoms with Gasteiger partial charge in [-0.15, -0.1) is 0 Å². The Labute approximate surface area is 116 Å². The standard InChI is InChI=1S/C15H14N2O3/c1-10-6-8-12(9-7-10)15(18)16-13-4-3-5-14(11(13)2)17(19)20/h3-9H,1-2H3,(H,16,18). The van der Waals surface area contributed by atoms with Crippen molar-refractivity contribution in [2.75, 3.05) is 5.32 Å². The number of nitro benzene ring substituents is 1. The molecule has 0 atom stereocenters. The van der Waals surface area contributed by atoms with Crippen molar-refractivity contribution in [1.29, 1.82) is 0 Å². The first-order valence-corrected chi connectivity index (χ1v) is 6.11. The monoisotopic (exact) mass is 270 g/mol. The maximum atomic E-state index is 12.1. The van der Waals surface area contributed by atoms with Crippen LogP contribution in [0.15, 0.2) is 42.5 Å². The highest BCUT2D eigenvalue weighted by Gasteiger charge is 2.15. The fourth-order valence-corrected chi connectivity index (χ4v) is 1.86.